The molecule has 0 aromatic carbocycles. The van der Waals surface area contributed by atoms with Gasteiger partial charge in [0.05, 0.1) is 17.0 Å². The minimum Gasteiger partial charge on any atom is -0.393 e. The maximum absolute atomic E-state index is 8.81. The third-order valence-corrected chi connectivity index (χ3v) is 2.57. The van der Waals surface area contributed by atoms with E-state index in [1.165, 1.54) is 0 Å². The van der Waals surface area contributed by atoms with Crippen LogP contribution in [0.4, 0.5) is 0 Å². The number of halogens is 2. The van der Waals surface area contributed by atoms with Crippen molar-refractivity contribution in [3.8, 4) is 0 Å². The zero-order chi connectivity index (χ0) is 7.61. The first-order valence-corrected chi connectivity index (χ1v) is 5.05. The standard InChI is InChI=1S/C6H10Br2O2/c7-5(8)1-2-6(3-9)4-10-6/h5,9H,1-4H2. The van der Waals surface area contributed by atoms with Gasteiger partial charge in [-0.3, -0.25) is 0 Å². The Labute approximate surface area is 77.2 Å². The van der Waals surface area contributed by atoms with Crippen LogP contribution in [0.15, 0.2) is 0 Å². The lowest BCUT2D eigenvalue weighted by atomic mass is 10.1. The number of rotatable bonds is 4. The van der Waals surface area contributed by atoms with Crippen molar-refractivity contribution in [1.29, 1.82) is 0 Å². The molecule has 0 amide bonds. The summed E-state index contributed by atoms with van der Waals surface area (Å²) in [5.74, 6) is 0. The molecule has 1 aliphatic heterocycles. The highest BCUT2D eigenvalue weighted by Gasteiger charge is 2.43. The molecule has 1 heterocycles. The fourth-order valence-corrected chi connectivity index (χ4v) is 1.25. The number of aliphatic hydroxyl groups excluding tert-OH is 1. The lowest BCUT2D eigenvalue weighted by molar-refractivity contribution is 0.163. The Bertz CT molecular complexity index is 112. The van der Waals surface area contributed by atoms with Gasteiger partial charge in [0.1, 0.15) is 5.60 Å². The van der Waals surface area contributed by atoms with Crippen LogP contribution >= 0.6 is 31.9 Å². The van der Waals surface area contributed by atoms with Gasteiger partial charge in [0.2, 0.25) is 0 Å². The zero-order valence-electron chi connectivity index (χ0n) is 5.52. The molecule has 0 bridgehead atoms. The number of epoxide rings is 1. The van der Waals surface area contributed by atoms with E-state index >= 15 is 0 Å². The molecule has 1 fully saturated rings. The summed E-state index contributed by atoms with van der Waals surface area (Å²) in [4.78, 5) is 0. The molecule has 1 rings (SSSR count). The van der Waals surface area contributed by atoms with Gasteiger partial charge in [-0.05, 0) is 12.8 Å². The molecule has 10 heavy (non-hydrogen) atoms. The van der Waals surface area contributed by atoms with Crippen molar-refractivity contribution in [2.24, 2.45) is 0 Å². The molecule has 0 aromatic rings. The highest BCUT2D eigenvalue weighted by atomic mass is 79.9. The van der Waals surface area contributed by atoms with Gasteiger partial charge >= 0.3 is 0 Å². The molecule has 1 aliphatic rings. The minimum absolute atomic E-state index is 0.152. The first-order chi connectivity index (χ1) is 4.68. The molecule has 2 nitrogen and oxygen atoms in total. The topological polar surface area (TPSA) is 32.8 Å². The highest BCUT2D eigenvalue weighted by molar-refractivity contribution is 9.24. The smallest absolute Gasteiger partial charge is 0.115 e. The number of alkyl halides is 2. The van der Waals surface area contributed by atoms with Crippen LogP contribution in [-0.4, -0.2) is 27.7 Å². The zero-order valence-corrected chi connectivity index (χ0v) is 8.69. The summed E-state index contributed by atoms with van der Waals surface area (Å²) < 4.78 is 5.44. The Morgan fingerprint density at radius 2 is 2.20 bits per heavy atom. The van der Waals surface area contributed by atoms with Crippen molar-refractivity contribution >= 4 is 31.9 Å². The van der Waals surface area contributed by atoms with E-state index in [-0.39, 0.29) is 12.2 Å². The molecule has 1 N–H and O–H groups in total. The maximum Gasteiger partial charge on any atom is 0.115 e. The van der Waals surface area contributed by atoms with Crippen LogP contribution < -0.4 is 0 Å². The monoisotopic (exact) mass is 272 g/mol. The number of ether oxygens (including phenoxy) is 1. The summed E-state index contributed by atoms with van der Waals surface area (Å²) in [7, 11) is 0. The fourth-order valence-electron chi connectivity index (χ4n) is 0.789. The molecule has 1 atom stereocenters. The second-order valence-electron chi connectivity index (χ2n) is 2.56. The molecule has 0 spiro atoms. The van der Waals surface area contributed by atoms with Gasteiger partial charge in [0, 0.05) is 0 Å². The van der Waals surface area contributed by atoms with Crippen LogP contribution in [0.1, 0.15) is 12.8 Å². The SMILES string of the molecule is OCC1(CCC(Br)Br)CO1. The largest absolute Gasteiger partial charge is 0.393 e. The van der Waals surface area contributed by atoms with E-state index in [9.17, 15) is 0 Å². The first kappa shape index (κ1) is 8.97. The first-order valence-electron chi connectivity index (χ1n) is 3.21. The van der Waals surface area contributed by atoms with Crippen molar-refractivity contribution in [2.75, 3.05) is 13.2 Å². The van der Waals surface area contributed by atoms with E-state index in [1.54, 1.807) is 0 Å². The van der Waals surface area contributed by atoms with Crippen LogP contribution in [-0.2, 0) is 4.74 Å². The molecule has 4 heteroatoms. The number of aliphatic hydroxyl groups is 1. The quantitative estimate of drug-likeness (QED) is 0.624. The Balaban J connectivity index is 2.13. The molecule has 1 unspecified atom stereocenters. The predicted octanol–water partition coefficient (Wildman–Crippen LogP) is 1.64. The summed E-state index contributed by atoms with van der Waals surface area (Å²) in [5.41, 5.74) is -0.181. The molecule has 0 saturated carbocycles. The van der Waals surface area contributed by atoms with Crippen molar-refractivity contribution in [2.45, 2.75) is 22.2 Å². The van der Waals surface area contributed by atoms with Crippen LogP contribution in [0.5, 0.6) is 0 Å². The Kier molecular flexibility index (Phi) is 3.16. The van der Waals surface area contributed by atoms with Crippen molar-refractivity contribution in [3.63, 3.8) is 0 Å². The minimum atomic E-state index is -0.181. The van der Waals surface area contributed by atoms with Crippen LogP contribution in [0.25, 0.3) is 0 Å². The second-order valence-corrected chi connectivity index (χ2v) is 6.00. The Hall–Kier alpha value is 0.880. The van der Waals surface area contributed by atoms with Gasteiger partial charge in [0.25, 0.3) is 0 Å². The van der Waals surface area contributed by atoms with E-state index in [0.29, 0.717) is 3.74 Å². The summed E-state index contributed by atoms with van der Waals surface area (Å²) in [5, 5.41) is 8.81. The van der Waals surface area contributed by atoms with Crippen LogP contribution in [0.3, 0.4) is 0 Å². The third-order valence-electron chi connectivity index (χ3n) is 1.66. The molecular weight excluding hydrogens is 264 g/mol. The highest BCUT2D eigenvalue weighted by Crippen LogP contribution is 2.33. The van der Waals surface area contributed by atoms with Gasteiger partial charge in [0.15, 0.2) is 0 Å². The predicted molar refractivity (Wildman–Crippen MR) is 46.6 cm³/mol. The van der Waals surface area contributed by atoms with Crippen LogP contribution in [0.2, 0.25) is 0 Å². The molecular formula is C6H10Br2O2. The molecule has 1 saturated heterocycles. The van der Waals surface area contributed by atoms with Crippen molar-refractivity contribution in [3.05, 3.63) is 0 Å². The van der Waals surface area contributed by atoms with Crippen molar-refractivity contribution < 1.29 is 9.84 Å². The molecule has 0 aliphatic carbocycles. The maximum atomic E-state index is 8.81. The molecule has 0 radical (unpaired) electrons. The number of hydrogen-bond acceptors (Lipinski definition) is 2. The summed E-state index contributed by atoms with van der Waals surface area (Å²) in [6.07, 6.45) is 1.91. The summed E-state index contributed by atoms with van der Waals surface area (Å²) in [6, 6.07) is 0. The van der Waals surface area contributed by atoms with Crippen LogP contribution in [0, 0.1) is 0 Å². The van der Waals surface area contributed by atoms with E-state index in [0.717, 1.165) is 19.4 Å². The average Bonchev–Trinajstić information content (AvgIpc) is 2.64. The van der Waals surface area contributed by atoms with Gasteiger partial charge in [-0.25, -0.2) is 0 Å². The van der Waals surface area contributed by atoms with Gasteiger partial charge < -0.3 is 9.84 Å². The molecule has 0 aromatic heterocycles. The summed E-state index contributed by atoms with van der Waals surface area (Å²) >= 11 is 6.73. The Morgan fingerprint density at radius 1 is 1.60 bits per heavy atom. The third kappa shape index (κ3) is 2.49. The molecule has 60 valence electrons. The lowest BCUT2D eigenvalue weighted by Gasteiger charge is -2.07. The van der Waals surface area contributed by atoms with E-state index < -0.39 is 0 Å². The van der Waals surface area contributed by atoms with Gasteiger partial charge in [-0.2, -0.15) is 0 Å². The van der Waals surface area contributed by atoms with Crippen molar-refractivity contribution in [1.82, 2.24) is 0 Å². The normalized spacial score (nSPS) is 31.2. The number of hydrogen-bond donors (Lipinski definition) is 1. The summed E-state index contributed by atoms with van der Waals surface area (Å²) in [6.45, 7) is 0.871. The second kappa shape index (κ2) is 3.52. The van der Waals surface area contributed by atoms with E-state index in [2.05, 4.69) is 31.9 Å². The Morgan fingerprint density at radius 3 is 2.50 bits per heavy atom. The van der Waals surface area contributed by atoms with Gasteiger partial charge in [-0.1, -0.05) is 31.9 Å². The lowest BCUT2D eigenvalue weighted by Crippen LogP contribution is -2.17. The van der Waals surface area contributed by atoms with Gasteiger partial charge in [-0.15, -0.1) is 0 Å². The van der Waals surface area contributed by atoms with E-state index in [1.807, 2.05) is 0 Å². The van der Waals surface area contributed by atoms with E-state index in [4.69, 9.17) is 9.84 Å². The average molecular weight is 274 g/mol. The fraction of sp³-hybridized carbons (Fsp3) is 1.00.